The van der Waals surface area contributed by atoms with Crippen LogP contribution in [0.4, 0.5) is 0 Å². The topological polar surface area (TPSA) is 44.8 Å². The van der Waals surface area contributed by atoms with Gasteiger partial charge in [0.1, 0.15) is 0 Å². The molecule has 2 aliphatic heterocycles. The highest BCUT2D eigenvalue weighted by Gasteiger charge is 2.27. The summed E-state index contributed by atoms with van der Waals surface area (Å²) in [6.07, 6.45) is 4.05. The minimum absolute atomic E-state index is 0.0296. The van der Waals surface area contributed by atoms with Crippen LogP contribution >= 0.6 is 0 Å². The molecule has 144 valence electrons. The van der Waals surface area contributed by atoms with Gasteiger partial charge >= 0.3 is 0 Å². The van der Waals surface area contributed by atoms with E-state index in [1.54, 1.807) is 0 Å². The predicted molar refractivity (Wildman–Crippen MR) is 104 cm³/mol. The average Bonchev–Trinajstić information content (AvgIpc) is 2.68. The van der Waals surface area contributed by atoms with Crippen LogP contribution in [0.15, 0.2) is 30.3 Å². The maximum absolute atomic E-state index is 12.7. The molecular weight excluding hydrogens is 326 g/mol. The van der Waals surface area contributed by atoms with Crippen molar-refractivity contribution in [2.75, 3.05) is 46.4 Å². The van der Waals surface area contributed by atoms with Crippen LogP contribution in [-0.4, -0.2) is 68.2 Å². The summed E-state index contributed by atoms with van der Waals surface area (Å²) in [5.41, 5.74) is 1.32. The molecule has 1 atom stereocenters. The molecule has 2 heterocycles. The molecule has 0 spiro atoms. The van der Waals surface area contributed by atoms with E-state index in [0.29, 0.717) is 6.42 Å². The van der Waals surface area contributed by atoms with Crippen LogP contribution in [0.1, 0.15) is 31.2 Å². The number of hydrogen-bond donors (Lipinski definition) is 1. The Kier molecular flexibility index (Phi) is 7.47. The second kappa shape index (κ2) is 10.0. The summed E-state index contributed by atoms with van der Waals surface area (Å²) in [6.45, 7) is 6.34. The fourth-order valence-corrected chi connectivity index (χ4v) is 4.03. The van der Waals surface area contributed by atoms with Crippen LogP contribution in [0.3, 0.4) is 0 Å². The van der Waals surface area contributed by atoms with Crippen LogP contribution < -0.4 is 5.32 Å². The van der Waals surface area contributed by atoms with E-state index in [2.05, 4.69) is 39.4 Å². The lowest BCUT2D eigenvalue weighted by Gasteiger charge is -2.36. The molecule has 2 aliphatic rings. The van der Waals surface area contributed by atoms with E-state index in [1.807, 2.05) is 13.1 Å². The highest BCUT2D eigenvalue weighted by atomic mass is 16.5. The van der Waals surface area contributed by atoms with Gasteiger partial charge in [-0.15, -0.1) is 0 Å². The molecule has 1 N–H and O–H groups in total. The number of piperidine rings is 1. The van der Waals surface area contributed by atoms with E-state index in [9.17, 15) is 4.79 Å². The molecular formula is C21H33N3O2. The molecule has 0 bridgehead atoms. The molecule has 1 unspecified atom stereocenters. The Morgan fingerprint density at radius 3 is 2.69 bits per heavy atom. The predicted octanol–water partition coefficient (Wildman–Crippen LogP) is 2.13. The van der Waals surface area contributed by atoms with E-state index in [4.69, 9.17) is 4.74 Å². The smallest absolute Gasteiger partial charge is 0.225 e. The lowest BCUT2D eigenvalue weighted by molar-refractivity contribution is -0.137. The van der Waals surface area contributed by atoms with Gasteiger partial charge in [-0.05, 0) is 44.3 Å². The third kappa shape index (κ3) is 5.79. The molecule has 1 aromatic carbocycles. The highest BCUT2D eigenvalue weighted by Crippen LogP contribution is 2.21. The molecule has 0 radical (unpaired) electrons. The normalized spacial score (nSPS) is 22.5. The number of hydrogen-bond acceptors (Lipinski definition) is 4. The van der Waals surface area contributed by atoms with E-state index in [1.165, 1.54) is 12.0 Å². The van der Waals surface area contributed by atoms with Crippen molar-refractivity contribution < 1.29 is 9.53 Å². The van der Waals surface area contributed by atoms with Crippen molar-refractivity contribution in [3.8, 4) is 0 Å². The van der Waals surface area contributed by atoms with Gasteiger partial charge in [-0.3, -0.25) is 9.69 Å². The molecule has 5 heteroatoms. The van der Waals surface area contributed by atoms with Crippen molar-refractivity contribution in [1.82, 2.24) is 15.1 Å². The van der Waals surface area contributed by atoms with Gasteiger partial charge in [0.15, 0.2) is 0 Å². The van der Waals surface area contributed by atoms with Gasteiger partial charge in [-0.25, -0.2) is 0 Å². The zero-order valence-corrected chi connectivity index (χ0v) is 16.0. The number of likely N-dealkylation sites (tertiary alicyclic amines) is 1. The Morgan fingerprint density at radius 1 is 1.19 bits per heavy atom. The summed E-state index contributed by atoms with van der Waals surface area (Å²) in [7, 11) is 2.00. The zero-order valence-electron chi connectivity index (χ0n) is 16.0. The van der Waals surface area contributed by atoms with Crippen LogP contribution in [0, 0.1) is 5.92 Å². The molecule has 2 saturated heterocycles. The molecule has 0 aliphatic carbocycles. The Bertz CT molecular complexity index is 543. The first kappa shape index (κ1) is 19.3. The van der Waals surface area contributed by atoms with Crippen LogP contribution in [0.5, 0.6) is 0 Å². The lowest BCUT2D eigenvalue weighted by Crippen LogP contribution is -2.46. The van der Waals surface area contributed by atoms with Gasteiger partial charge < -0.3 is 15.0 Å². The highest BCUT2D eigenvalue weighted by molar-refractivity contribution is 5.76. The second-order valence-corrected chi connectivity index (χ2v) is 7.63. The summed E-state index contributed by atoms with van der Waals surface area (Å²) in [6, 6.07) is 10.5. The molecule has 26 heavy (non-hydrogen) atoms. The first-order chi connectivity index (χ1) is 12.7. The maximum atomic E-state index is 12.7. The number of morpholine rings is 1. The first-order valence-electron chi connectivity index (χ1n) is 10.0. The molecule has 2 fully saturated rings. The summed E-state index contributed by atoms with van der Waals surface area (Å²) in [5.74, 6) is 1.03. The van der Waals surface area contributed by atoms with Crippen molar-refractivity contribution in [3.05, 3.63) is 35.9 Å². The number of nitrogens with zero attached hydrogens (tertiary/aromatic N) is 2. The molecule has 3 rings (SSSR count). The van der Waals surface area contributed by atoms with Crippen molar-refractivity contribution in [2.24, 2.45) is 5.92 Å². The fraction of sp³-hybridized carbons (Fsp3) is 0.667. The van der Waals surface area contributed by atoms with Gasteiger partial charge in [-0.1, -0.05) is 30.3 Å². The van der Waals surface area contributed by atoms with E-state index in [-0.39, 0.29) is 12.0 Å². The first-order valence-corrected chi connectivity index (χ1v) is 10.0. The Hall–Kier alpha value is -1.43. The van der Waals surface area contributed by atoms with Crippen molar-refractivity contribution in [3.63, 3.8) is 0 Å². The molecule has 0 saturated carbocycles. The monoisotopic (exact) mass is 359 g/mol. The largest absolute Gasteiger partial charge is 0.375 e. The molecule has 1 aromatic rings. The standard InChI is InChI=1S/C21H33N3O2/c1-22-10-7-18-8-11-24(12-9-18)21(25)15-20-17-23(13-14-26-20)16-19-5-3-2-4-6-19/h2-6,18,20,22H,7-17H2,1H3. The summed E-state index contributed by atoms with van der Waals surface area (Å²) in [5, 5.41) is 3.22. The summed E-state index contributed by atoms with van der Waals surface area (Å²) < 4.78 is 5.88. The van der Waals surface area contributed by atoms with Crippen LogP contribution in [-0.2, 0) is 16.1 Å². The van der Waals surface area contributed by atoms with Gasteiger partial charge in [0, 0.05) is 32.7 Å². The van der Waals surface area contributed by atoms with Gasteiger partial charge in [-0.2, -0.15) is 0 Å². The number of rotatable bonds is 7. The van der Waals surface area contributed by atoms with Gasteiger partial charge in [0.05, 0.1) is 19.1 Å². The zero-order chi connectivity index (χ0) is 18.2. The van der Waals surface area contributed by atoms with Crippen LogP contribution in [0.25, 0.3) is 0 Å². The van der Waals surface area contributed by atoms with Crippen LogP contribution in [0.2, 0.25) is 0 Å². The number of carbonyl (C=O) groups is 1. The Balaban J connectivity index is 1.41. The molecule has 5 nitrogen and oxygen atoms in total. The van der Waals surface area contributed by atoms with Gasteiger partial charge in [0.25, 0.3) is 0 Å². The van der Waals surface area contributed by atoms with E-state index in [0.717, 1.165) is 64.6 Å². The van der Waals surface area contributed by atoms with E-state index >= 15 is 0 Å². The second-order valence-electron chi connectivity index (χ2n) is 7.63. The number of nitrogens with one attached hydrogen (secondary N) is 1. The summed E-state index contributed by atoms with van der Waals surface area (Å²) in [4.78, 5) is 17.1. The Labute approximate surface area is 157 Å². The minimum Gasteiger partial charge on any atom is -0.375 e. The minimum atomic E-state index is 0.0296. The third-order valence-corrected chi connectivity index (χ3v) is 5.64. The number of carbonyl (C=O) groups excluding carboxylic acids is 1. The van der Waals surface area contributed by atoms with Gasteiger partial charge in [0.2, 0.25) is 5.91 Å². The fourth-order valence-electron chi connectivity index (χ4n) is 4.03. The number of benzene rings is 1. The quantitative estimate of drug-likeness (QED) is 0.810. The third-order valence-electron chi connectivity index (χ3n) is 5.64. The number of ether oxygens (including phenoxy) is 1. The van der Waals surface area contributed by atoms with Crippen molar-refractivity contribution in [1.29, 1.82) is 0 Å². The maximum Gasteiger partial charge on any atom is 0.225 e. The molecule has 1 amide bonds. The van der Waals surface area contributed by atoms with Crippen molar-refractivity contribution in [2.45, 2.75) is 38.3 Å². The number of amides is 1. The lowest BCUT2D eigenvalue weighted by atomic mass is 9.93. The summed E-state index contributed by atoms with van der Waals surface area (Å²) >= 11 is 0. The Morgan fingerprint density at radius 2 is 1.96 bits per heavy atom. The average molecular weight is 360 g/mol. The van der Waals surface area contributed by atoms with E-state index < -0.39 is 0 Å². The SMILES string of the molecule is CNCCC1CCN(C(=O)CC2CN(Cc3ccccc3)CCO2)CC1. The van der Waals surface area contributed by atoms with Crippen molar-refractivity contribution >= 4 is 5.91 Å². The molecule has 0 aromatic heterocycles.